The Balaban J connectivity index is 2.54. The predicted molar refractivity (Wildman–Crippen MR) is 41.9 cm³/mol. The maximum absolute atomic E-state index is 11.2. The predicted octanol–water partition coefficient (Wildman–Crippen LogP) is 0.780. The molecule has 0 spiro atoms. The molecule has 1 aliphatic carbocycles. The normalized spacial score (nSPS) is 16.0. The molecule has 0 amide bonds. The van der Waals surface area contributed by atoms with Gasteiger partial charge >= 0.3 is 0 Å². The van der Waals surface area contributed by atoms with E-state index in [2.05, 4.69) is 4.98 Å². The molecule has 0 aromatic carbocycles. The Hall–Kier alpha value is -1.51. The summed E-state index contributed by atoms with van der Waals surface area (Å²) in [5.74, 6) is -0.0934. The average Bonchev–Trinajstić information content (AvgIpc) is 2.04. The lowest BCUT2D eigenvalue weighted by Gasteiger charge is -2.11. The largest absolute Gasteiger partial charge is 0.299 e. The minimum atomic E-state index is -0.0800. The molecule has 0 aliphatic heterocycles. The maximum Gasteiger partial charge on any atom is 0.170 e. The fraction of sp³-hybridized carbons (Fsp3) is 0.222. The van der Waals surface area contributed by atoms with E-state index < -0.39 is 0 Å². The highest BCUT2D eigenvalue weighted by atomic mass is 16.1. The zero-order valence-corrected chi connectivity index (χ0v) is 6.41. The summed E-state index contributed by atoms with van der Waals surface area (Å²) in [5, 5.41) is 0. The van der Waals surface area contributed by atoms with Gasteiger partial charge in [-0.05, 0) is 11.6 Å². The van der Waals surface area contributed by atoms with E-state index in [1.54, 1.807) is 18.5 Å². The second-order valence-corrected chi connectivity index (χ2v) is 2.85. The molecular weight excluding hydrogens is 154 g/mol. The van der Waals surface area contributed by atoms with E-state index in [1.807, 2.05) is 0 Å². The van der Waals surface area contributed by atoms with Crippen LogP contribution in [0.1, 0.15) is 22.3 Å². The van der Waals surface area contributed by atoms with E-state index in [0.717, 1.165) is 5.56 Å². The number of hydrogen-bond acceptors (Lipinski definition) is 3. The van der Waals surface area contributed by atoms with E-state index >= 15 is 0 Å². The van der Waals surface area contributed by atoms with Crippen LogP contribution in [0.3, 0.4) is 0 Å². The van der Waals surface area contributed by atoms with E-state index in [1.165, 1.54) is 0 Å². The highest BCUT2D eigenvalue weighted by Gasteiger charge is 2.22. The van der Waals surface area contributed by atoms with Crippen LogP contribution < -0.4 is 0 Å². The Kier molecular flexibility index (Phi) is 1.50. The number of ketones is 2. The highest BCUT2D eigenvalue weighted by molar-refractivity contribution is 6.12. The van der Waals surface area contributed by atoms with Crippen molar-refractivity contribution in [1.82, 2.24) is 4.98 Å². The van der Waals surface area contributed by atoms with Gasteiger partial charge in [0.2, 0.25) is 0 Å². The summed E-state index contributed by atoms with van der Waals surface area (Å²) in [6, 6.07) is 1.67. The first-order valence-corrected chi connectivity index (χ1v) is 3.75. The first-order chi connectivity index (χ1) is 5.77. The minimum absolute atomic E-state index is 0.0134. The Bertz CT molecular complexity index is 357. The number of carbonyl (C=O) groups is 2. The zero-order chi connectivity index (χ0) is 8.55. The van der Waals surface area contributed by atoms with Crippen molar-refractivity contribution in [2.24, 2.45) is 0 Å². The molecule has 1 aromatic rings. The van der Waals surface area contributed by atoms with E-state index in [9.17, 15) is 9.59 Å². The fourth-order valence-electron chi connectivity index (χ4n) is 1.39. The molecule has 0 unspecified atom stereocenters. The third kappa shape index (κ3) is 1.03. The van der Waals surface area contributed by atoms with Gasteiger partial charge < -0.3 is 0 Å². The molecule has 0 radical (unpaired) electrons. The number of carbonyl (C=O) groups excluding carboxylic acids is 2. The van der Waals surface area contributed by atoms with Gasteiger partial charge in [-0.25, -0.2) is 0 Å². The van der Waals surface area contributed by atoms with Gasteiger partial charge in [-0.2, -0.15) is 0 Å². The summed E-state index contributed by atoms with van der Waals surface area (Å²) in [5.41, 5.74) is 1.42. The van der Waals surface area contributed by atoms with Gasteiger partial charge in [0.25, 0.3) is 0 Å². The van der Waals surface area contributed by atoms with Crippen molar-refractivity contribution in [2.45, 2.75) is 12.8 Å². The van der Waals surface area contributed by atoms with Crippen LogP contribution in [-0.2, 0) is 11.2 Å². The lowest BCUT2D eigenvalue weighted by atomic mass is 9.92. The topological polar surface area (TPSA) is 47.0 Å². The third-order valence-electron chi connectivity index (χ3n) is 1.95. The zero-order valence-electron chi connectivity index (χ0n) is 6.41. The number of nitrogens with zero attached hydrogens (tertiary/aromatic N) is 1. The minimum Gasteiger partial charge on any atom is -0.299 e. The maximum atomic E-state index is 11.2. The summed E-state index contributed by atoms with van der Waals surface area (Å²) in [7, 11) is 0. The highest BCUT2D eigenvalue weighted by Crippen LogP contribution is 2.16. The Labute approximate surface area is 69.4 Å². The summed E-state index contributed by atoms with van der Waals surface area (Å²) in [6.07, 6.45) is 3.57. The van der Waals surface area contributed by atoms with Crippen molar-refractivity contribution in [3.8, 4) is 0 Å². The van der Waals surface area contributed by atoms with Crippen LogP contribution in [0.2, 0.25) is 0 Å². The molecule has 12 heavy (non-hydrogen) atoms. The molecule has 3 heteroatoms. The number of Topliss-reactive ketones (excluding diaryl/α,β-unsaturated/α-hetero) is 2. The first kappa shape index (κ1) is 7.16. The van der Waals surface area contributed by atoms with Crippen molar-refractivity contribution >= 4 is 11.6 Å². The summed E-state index contributed by atoms with van der Waals surface area (Å²) < 4.78 is 0. The van der Waals surface area contributed by atoms with Gasteiger partial charge in [-0.3, -0.25) is 14.6 Å². The second-order valence-electron chi connectivity index (χ2n) is 2.85. The molecule has 1 heterocycles. The Morgan fingerprint density at radius 2 is 2.08 bits per heavy atom. The molecule has 2 rings (SSSR count). The summed E-state index contributed by atoms with van der Waals surface area (Å²) >= 11 is 0. The van der Waals surface area contributed by atoms with E-state index in [-0.39, 0.29) is 18.0 Å². The molecule has 0 bridgehead atoms. The van der Waals surface area contributed by atoms with Crippen molar-refractivity contribution in [1.29, 1.82) is 0 Å². The molecule has 1 aliphatic rings. The Morgan fingerprint density at radius 1 is 1.25 bits per heavy atom. The number of hydrogen-bond donors (Lipinski definition) is 0. The molecule has 3 nitrogen and oxygen atoms in total. The summed E-state index contributed by atoms with van der Waals surface area (Å²) in [6.45, 7) is 0. The monoisotopic (exact) mass is 161 g/mol. The van der Waals surface area contributed by atoms with Crippen LogP contribution in [0, 0.1) is 0 Å². The van der Waals surface area contributed by atoms with Crippen LogP contribution in [0.25, 0.3) is 0 Å². The molecule has 0 atom stereocenters. The molecular formula is C9H7NO2. The number of fused-ring (bicyclic) bond motifs is 1. The third-order valence-corrected chi connectivity index (χ3v) is 1.95. The van der Waals surface area contributed by atoms with Gasteiger partial charge in [0.1, 0.15) is 5.78 Å². The lowest BCUT2D eigenvalue weighted by molar-refractivity contribution is -0.117. The van der Waals surface area contributed by atoms with Crippen molar-refractivity contribution in [2.75, 3.05) is 0 Å². The summed E-state index contributed by atoms with van der Waals surface area (Å²) in [4.78, 5) is 26.1. The molecule has 60 valence electrons. The van der Waals surface area contributed by atoms with Crippen LogP contribution in [0.5, 0.6) is 0 Å². The molecule has 0 saturated carbocycles. The standard InChI is InChI=1S/C9H7NO2/c11-7-3-6-5-10-2-1-8(6)9(12)4-7/h1-2,5H,3-4H2. The van der Waals surface area contributed by atoms with E-state index in [4.69, 9.17) is 0 Å². The van der Waals surface area contributed by atoms with Crippen molar-refractivity contribution in [3.63, 3.8) is 0 Å². The molecule has 0 fully saturated rings. The van der Waals surface area contributed by atoms with Crippen molar-refractivity contribution < 1.29 is 9.59 Å². The van der Waals surface area contributed by atoms with Crippen LogP contribution in [-0.4, -0.2) is 16.6 Å². The average molecular weight is 161 g/mol. The van der Waals surface area contributed by atoms with Crippen LogP contribution >= 0.6 is 0 Å². The van der Waals surface area contributed by atoms with Crippen LogP contribution in [0.4, 0.5) is 0 Å². The lowest BCUT2D eigenvalue weighted by Crippen LogP contribution is -2.19. The number of rotatable bonds is 0. The van der Waals surface area contributed by atoms with Crippen molar-refractivity contribution in [3.05, 3.63) is 29.6 Å². The molecule has 0 N–H and O–H groups in total. The number of aromatic nitrogens is 1. The van der Waals surface area contributed by atoms with Gasteiger partial charge in [-0.1, -0.05) is 0 Å². The smallest absolute Gasteiger partial charge is 0.170 e. The van der Waals surface area contributed by atoms with Gasteiger partial charge in [0.15, 0.2) is 5.78 Å². The van der Waals surface area contributed by atoms with Gasteiger partial charge in [-0.15, -0.1) is 0 Å². The Morgan fingerprint density at radius 3 is 2.92 bits per heavy atom. The fourth-order valence-corrected chi connectivity index (χ4v) is 1.39. The second kappa shape index (κ2) is 2.52. The van der Waals surface area contributed by atoms with E-state index in [0.29, 0.717) is 12.0 Å². The first-order valence-electron chi connectivity index (χ1n) is 3.75. The van der Waals surface area contributed by atoms with Gasteiger partial charge in [0.05, 0.1) is 6.42 Å². The SMILES string of the molecule is O=C1CC(=O)c2ccncc2C1. The molecule has 0 saturated heterocycles. The van der Waals surface area contributed by atoms with Gasteiger partial charge in [0, 0.05) is 24.4 Å². The molecule has 1 aromatic heterocycles. The van der Waals surface area contributed by atoms with Crippen LogP contribution in [0.15, 0.2) is 18.5 Å². The quantitative estimate of drug-likeness (QED) is 0.528. The number of pyridine rings is 1.